The van der Waals surface area contributed by atoms with Crippen molar-refractivity contribution in [2.45, 2.75) is 25.9 Å². The van der Waals surface area contributed by atoms with Gasteiger partial charge in [-0.05, 0) is 44.6 Å². The summed E-state index contributed by atoms with van der Waals surface area (Å²) in [6.07, 6.45) is 2.67. The molecule has 1 heterocycles. The Morgan fingerprint density at radius 3 is 2.70 bits per heavy atom. The molecule has 0 saturated heterocycles. The Morgan fingerprint density at radius 2 is 2.05 bits per heavy atom. The molecule has 0 radical (unpaired) electrons. The molecule has 1 aromatic heterocycles. The molecule has 1 aromatic carbocycles. The summed E-state index contributed by atoms with van der Waals surface area (Å²) in [4.78, 5) is 2.27. The number of rotatable bonds is 6. The third-order valence-corrected chi connectivity index (χ3v) is 4.26. The van der Waals surface area contributed by atoms with Crippen LogP contribution in [0.25, 0.3) is 0 Å². The minimum Gasteiger partial charge on any atom is -0.469 e. The van der Waals surface area contributed by atoms with Gasteiger partial charge in [0, 0.05) is 22.6 Å². The van der Waals surface area contributed by atoms with Gasteiger partial charge in [-0.15, -0.1) is 0 Å². The van der Waals surface area contributed by atoms with Crippen LogP contribution in [0.5, 0.6) is 0 Å². The summed E-state index contributed by atoms with van der Waals surface area (Å²) >= 11 is 3.56. The Hall–Kier alpha value is -1.10. The van der Waals surface area contributed by atoms with Gasteiger partial charge < -0.3 is 15.1 Å². The predicted octanol–water partition coefficient (Wildman–Crippen LogP) is 3.87. The highest BCUT2D eigenvalue weighted by Gasteiger charge is 2.11. The standard InChI is InChI=1S/C16H21BrN2O/c1-12-13(8-10-20-12)11-19(2)9-7-16(18)14-5-3-4-6-15(14)17/h3-6,8,10,16H,7,9,11,18H2,1-2H3. The minimum atomic E-state index is 0.0541. The van der Waals surface area contributed by atoms with E-state index in [2.05, 4.69) is 33.9 Å². The maximum absolute atomic E-state index is 6.27. The van der Waals surface area contributed by atoms with Crippen molar-refractivity contribution in [1.82, 2.24) is 4.90 Å². The maximum atomic E-state index is 6.27. The number of furan rings is 1. The van der Waals surface area contributed by atoms with Crippen LogP contribution >= 0.6 is 15.9 Å². The predicted molar refractivity (Wildman–Crippen MR) is 85.5 cm³/mol. The van der Waals surface area contributed by atoms with E-state index in [1.165, 1.54) is 11.1 Å². The van der Waals surface area contributed by atoms with Gasteiger partial charge in [0.25, 0.3) is 0 Å². The van der Waals surface area contributed by atoms with Crippen molar-refractivity contribution in [3.63, 3.8) is 0 Å². The molecule has 4 heteroatoms. The second kappa shape index (κ2) is 7.07. The zero-order chi connectivity index (χ0) is 14.5. The summed E-state index contributed by atoms with van der Waals surface area (Å²) in [6.45, 7) is 3.84. The SMILES string of the molecule is Cc1occc1CN(C)CCC(N)c1ccccc1Br. The molecule has 20 heavy (non-hydrogen) atoms. The summed E-state index contributed by atoms with van der Waals surface area (Å²) in [5.74, 6) is 0.993. The van der Waals surface area contributed by atoms with Crippen molar-refractivity contribution in [2.75, 3.05) is 13.6 Å². The van der Waals surface area contributed by atoms with E-state index < -0.39 is 0 Å². The molecular weight excluding hydrogens is 316 g/mol. The van der Waals surface area contributed by atoms with Gasteiger partial charge in [-0.1, -0.05) is 34.1 Å². The molecule has 2 rings (SSSR count). The van der Waals surface area contributed by atoms with E-state index in [-0.39, 0.29) is 6.04 Å². The lowest BCUT2D eigenvalue weighted by Gasteiger charge is -2.20. The fourth-order valence-electron chi connectivity index (χ4n) is 2.24. The van der Waals surface area contributed by atoms with Crippen LogP contribution in [0, 0.1) is 6.92 Å². The van der Waals surface area contributed by atoms with Crippen LogP contribution in [0.4, 0.5) is 0 Å². The van der Waals surface area contributed by atoms with E-state index in [0.29, 0.717) is 0 Å². The molecule has 0 bridgehead atoms. The summed E-state index contributed by atoms with van der Waals surface area (Å²) in [7, 11) is 2.11. The normalized spacial score (nSPS) is 12.8. The highest BCUT2D eigenvalue weighted by molar-refractivity contribution is 9.10. The highest BCUT2D eigenvalue weighted by Crippen LogP contribution is 2.23. The fraction of sp³-hybridized carbons (Fsp3) is 0.375. The Bertz CT molecular complexity index is 553. The maximum Gasteiger partial charge on any atom is 0.105 e. The first-order valence-corrected chi connectivity index (χ1v) is 7.58. The molecule has 0 aliphatic carbocycles. The van der Waals surface area contributed by atoms with Crippen LogP contribution in [0.15, 0.2) is 45.5 Å². The fourth-order valence-corrected chi connectivity index (χ4v) is 2.81. The third-order valence-electron chi connectivity index (χ3n) is 3.53. The monoisotopic (exact) mass is 336 g/mol. The van der Waals surface area contributed by atoms with Gasteiger partial charge >= 0.3 is 0 Å². The van der Waals surface area contributed by atoms with Gasteiger partial charge in [0.05, 0.1) is 6.26 Å². The summed E-state index contributed by atoms with van der Waals surface area (Å²) in [6, 6.07) is 10.2. The van der Waals surface area contributed by atoms with Crippen molar-refractivity contribution >= 4 is 15.9 Å². The summed E-state index contributed by atoms with van der Waals surface area (Å²) < 4.78 is 6.40. The Labute approximate surface area is 128 Å². The quantitative estimate of drug-likeness (QED) is 0.870. The molecule has 0 saturated carbocycles. The lowest BCUT2D eigenvalue weighted by molar-refractivity contribution is 0.309. The van der Waals surface area contributed by atoms with E-state index in [4.69, 9.17) is 10.2 Å². The lowest BCUT2D eigenvalue weighted by atomic mass is 10.0. The van der Waals surface area contributed by atoms with Crippen molar-refractivity contribution in [2.24, 2.45) is 5.73 Å². The highest BCUT2D eigenvalue weighted by atomic mass is 79.9. The van der Waals surface area contributed by atoms with Gasteiger partial charge in [0.15, 0.2) is 0 Å². The molecule has 0 aliphatic heterocycles. The Balaban J connectivity index is 1.86. The number of halogens is 1. The smallest absolute Gasteiger partial charge is 0.105 e. The first kappa shape index (κ1) is 15.3. The van der Waals surface area contributed by atoms with Gasteiger partial charge in [0.2, 0.25) is 0 Å². The zero-order valence-electron chi connectivity index (χ0n) is 12.0. The number of aryl methyl sites for hydroxylation is 1. The van der Waals surface area contributed by atoms with E-state index in [1.807, 2.05) is 31.2 Å². The third kappa shape index (κ3) is 3.95. The lowest BCUT2D eigenvalue weighted by Crippen LogP contribution is -2.23. The van der Waals surface area contributed by atoms with E-state index in [9.17, 15) is 0 Å². The molecule has 2 aromatic rings. The number of hydrogen-bond acceptors (Lipinski definition) is 3. The number of nitrogens with zero attached hydrogens (tertiary/aromatic N) is 1. The molecule has 0 amide bonds. The summed E-state index contributed by atoms with van der Waals surface area (Å²) in [5.41, 5.74) is 8.68. The molecule has 108 valence electrons. The zero-order valence-corrected chi connectivity index (χ0v) is 13.6. The van der Waals surface area contributed by atoms with Crippen molar-refractivity contribution in [1.29, 1.82) is 0 Å². The molecule has 2 N–H and O–H groups in total. The minimum absolute atomic E-state index is 0.0541. The van der Waals surface area contributed by atoms with Crippen molar-refractivity contribution in [3.05, 3.63) is 58.0 Å². The van der Waals surface area contributed by atoms with Crippen molar-refractivity contribution in [3.8, 4) is 0 Å². The second-order valence-corrected chi connectivity index (χ2v) is 6.01. The Morgan fingerprint density at radius 1 is 1.30 bits per heavy atom. The number of benzene rings is 1. The van der Waals surface area contributed by atoms with Gasteiger partial charge in [-0.2, -0.15) is 0 Å². The molecule has 0 aliphatic rings. The van der Waals surface area contributed by atoms with Crippen molar-refractivity contribution < 1.29 is 4.42 Å². The van der Waals surface area contributed by atoms with Crippen LogP contribution in [-0.2, 0) is 6.54 Å². The van der Waals surface area contributed by atoms with Crippen LogP contribution in [0.1, 0.15) is 29.3 Å². The molecule has 0 spiro atoms. The Kier molecular flexibility index (Phi) is 5.40. The van der Waals surface area contributed by atoms with Crippen LogP contribution in [0.2, 0.25) is 0 Å². The van der Waals surface area contributed by atoms with Gasteiger partial charge in [-0.3, -0.25) is 0 Å². The second-order valence-electron chi connectivity index (χ2n) is 5.16. The molecule has 0 fully saturated rings. The number of hydrogen-bond donors (Lipinski definition) is 1. The summed E-state index contributed by atoms with van der Waals surface area (Å²) in [5, 5.41) is 0. The molecule has 1 atom stereocenters. The average molecular weight is 337 g/mol. The molecule has 3 nitrogen and oxygen atoms in total. The average Bonchev–Trinajstić information content (AvgIpc) is 2.82. The van der Waals surface area contributed by atoms with E-state index in [1.54, 1.807) is 6.26 Å². The van der Waals surface area contributed by atoms with Crippen LogP contribution in [0.3, 0.4) is 0 Å². The first-order valence-electron chi connectivity index (χ1n) is 6.79. The van der Waals surface area contributed by atoms with E-state index in [0.717, 1.165) is 29.7 Å². The molecular formula is C16H21BrN2O. The largest absolute Gasteiger partial charge is 0.469 e. The van der Waals surface area contributed by atoms with Gasteiger partial charge in [-0.25, -0.2) is 0 Å². The number of nitrogens with two attached hydrogens (primary N) is 1. The van der Waals surface area contributed by atoms with Crippen LogP contribution in [-0.4, -0.2) is 18.5 Å². The van der Waals surface area contributed by atoms with Crippen LogP contribution < -0.4 is 5.73 Å². The molecule has 1 unspecified atom stereocenters. The van der Waals surface area contributed by atoms with E-state index >= 15 is 0 Å². The van der Waals surface area contributed by atoms with Gasteiger partial charge in [0.1, 0.15) is 5.76 Å². The first-order chi connectivity index (χ1) is 9.58. The topological polar surface area (TPSA) is 42.4 Å².